The van der Waals surface area contributed by atoms with Crippen LogP contribution in [0.1, 0.15) is 42.6 Å². The van der Waals surface area contributed by atoms with Gasteiger partial charge in [0.25, 0.3) is 5.91 Å². The van der Waals surface area contributed by atoms with Gasteiger partial charge in [-0.2, -0.15) is 0 Å². The fraction of sp³-hybridized carbons (Fsp3) is 0.316. The van der Waals surface area contributed by atoms with Gasteiger partial charge < -0.3 is 14.8 Å². The molecule has 0 aliphatic rings. The summed E-state index contributed by atoms with van der Waals surface area (Å²) >= 11 is 5.64. The Kier molecular flexibility index (Phi) is 7.13. The molecule has 2 rings (SSSR count). The largest absolute Gasteiger partial charge is 0.493 e. The average molecular weight is 518 g/mol. The van der Waals surface area contributed by atoms with Gasteiger partial charge in [0.15, 0.2) is 11.5 Å². The van der Waals surface area contributed by atoms with Gasteiger partial charge in [-0.15, -0.1) is 0 Å². The van der Waals surface area contributed by atoms with Crippen LogP contribution in [-0.2, 0) is 0 Å². The summed E-state index contributed by atoms with van der Waals surface area (Å²) in [6.07, 6.45) is 0. The summed E-state index contributed by atoms with van der Waals surface area (Å²) in [5.41, 5.74) is 2.42. The van der Waals surface area contributed by atoms with Crippen molar-refractivity contribution in [3.63, 3.8) is 0 Å². The van der Waals surface area contributed by atoms with E-state index in [9.17, 15) is 4.79 Å². The molecule has 2 aromatic carbocycles. The first-order chi connectivity index (χ1) is 11.9. The van der Waals surface area contributed by atoms with Crippen molar-refractivity contribution in [3.05, 3.63) is 49.5 Å². The van der Waals surface area contributed by atoms with Gasteiger partial charge in [0.05, 0.1) is 17.3 Å². The first-order valence-electron chi connectivity index (χ1n) is 7.98. The van der Waals surface area contributed by atoms with Gasteiger partial charge >= 0.3 is 0 Å². The van der Waals surface area contributed by atoms with E-state index < -0.39 is 0 Å². The molecule has 2 aromatic rings. The highest BCUT2D eigenvalue weighted by atomic mass is 127. The first-order valence-corrected chi connectivity index (χ1v) is 9.85. The number of carbonyl (C=O) groups excluding carboxylic acids is 1. The fourth-order valence-electron chi connectivity index (χ4n) is 2.45. The standard InChI is InChI=1S/C19H21BrINO3/c1-5-25-18-15(21)8-12(9-17(18)24-4)19(23)22-16-7-6-13(20)10-14(16)11(2)3/h6-11H,5H2,1-4H3,(H,22,23). The number of methoxy groups -OCH3 is 1. The number of rotatable bonds is 6. The van der Waals surface area contributed by atoms with Crippen molar-refractivity contribution < 1.29 is 14.3 Å². The lowest BCUT2D eigenvalue weighted by molar-refractivity contribution is 0.102. The van der Waals surface area contributed by atoms with Crippen LogP contribution in [0.25, 0.3) is 0 Å². The molecule has 134 valence electrons. The van der Waals surface area contributed by atoms with Crippen LogP contribution in [0.2, 0.25) is 0 Å². The van der Waals surface area contributed by atoms with Crippen LogP contribution in [0.5, 0.6) is 11.5 Å². The number of hydrogen-bond donors (Lipinski definition) is 1. The van der Waals surface area contributed by atoms with Gasteiger partial charge in [-0.05, 0) is 71.3 Å². The molecule has 6 heteroatoms. The summed E-state index contributed by atoms with van der Waals surface area (Å²) in [5, 5.41) is 3.01. The van der Waals surface area contributed by atoms with Crippen molar-refractivity contribution in [3.8, 4) is 11.5 Å². The highest BCUT2D eigenvalue weighted by Gasteiger charge is 2.17. The van der Waals surface area contributed by atoms with Crippen LogP contribution in [0.15, 0.2) is 34.8 Å². The monoisotopic (exact) mass is 517 g/mol. The molecular weight excluding hydrogens is 497 g/mol. The van der Waals surface area contributed by atoms with E-state index in [1.54, 1.807) is 19.2 Å². The van der Waals surface area contributed by atoms with Crippen LogP contribution in [0, 0.1) is 3.57 Å². The summed E-state index contributed by atoms with van der Waals surface area (Å²) in [7, 11) is 1.57. The number of hydrogen-bond acceptors (Lipinski definition) is 3. The number of amides is 1. The summed E-state index contributed by atoms with van der Waals surface area (Å²) in [5.74, 6) is 1.33. The molecular formula is C19H21BrINO3. The minimum atomic E-state index is -0.177. The van der Waals surface area contributed by atoms with E-state index in [0.29, 0.717) is 29.6 Å². The quantitative estimate of drug-likeness (QED) is 0.490. The van der Waals surface area contributed by atoms with Crippen LogP contribution < -0.4 is 14.8 Å². The molecule has 4 nitrogen and oxygen atoms in total. The zero-order chi connectivity index (χ0) is 18.6. The Morgan fingerprint density at radius 2 is 2.00 bits per heavy atom. The van der Waals surface area contributed by atoms with Crippen molar-refractivity contribution >= 4 is 50.1 Å². The van der Waals surface area contributed by atoms with Gasteiger partial charge in [-0.1, -0.05) is 29.8 Å². The van der Waals surface area contributed by atoms with Gasteiger partial charge in [0, 0.05) is 15.7 Å². The Hall–Kier alpha value is -1.28. The molecule has 0 atom stereocenters. The first kappa shape index (κ1) is 20.0. The zero-order valence-corrected chi connectivity index (χ0v) is 18.4. The van der Waals surface area contributed by atoms with E-state index in [0.717, 1.165) is 19.3 Å². The molecule has 0 heterocycles. The van der Waals surface area contributed by atoms with Crippen molar-refractivity contribution in [2.24, 2.45) is 0 Å². The van der Waals surface area contributed by atoms with E-state index in [2.05, 4.69) is 57.7 Å². The summed E-state index contributed by atoms with van der Waals surface area (Å²) < 4.78 is 12.8. The van der Waals surface area contributed by atoms with Crippen LogP contribution in [0.4, 0.5) is 5.69 Å². The van der Waals surface area contributed by atoms with Crippen LogP contribution in [0.3, 0.4) is 0 Å². The number of ether oxygens (including phenoxy) is 2. The second-order valence-electron chi connectivity index (χ2n) is 5.76. The zero-order valence-electron chi connectivity index (χ0n) is 14.7. The number of benzene rings is 2. The van der Waals surface area contributed by atoms with Gasteiger partial charge in [0.2, 0.25) is 0 Å². The molecule has 0 radical (unpaired) electrons. The Morgan fingerprint density at radius 1 is 1.28 bits per heavy atom. The number of anilines is 1. The average Bonchev–Trinajstić information content (AvgIpc) is 2.57. The van der Waals surface area contributed by atoms with E-state index in [1.807, 2.05) is 25.1 Å². The maximum atomic E-state index is 12.7. The smallest absolute Gasteiger partial charge is 0.255 e. The second kappa shape index (κ2) is 8.89. The van der Waals surface area contributed by atoms with Crippen molar-refractivity contribution in [2.45, 2.75) is 26.7 Å². The molecule has 0 unspecified atom stereocenters. The molecule has 0 saturated carbocycles. The molecule has 0 aliphatic carbocycles. The predicted molar refractivity (Wildman–Crippen MR) is 113 cm³/mol. The lowest BCUT2D eigenvalue weighted by Crippen LogP contribution is -2.14. The van der Waals surface area contributed by atoms with Gasteiger partial charge in [-0.3, -0.25) is 4.79 Å². The van der Waals surface area contributed by atoms with E-state index in [1.165, 1.54) is 0 Å². The van der Waals surface area contributed by atoms with E-state index >= 15 is 0 Å². The fourth-order valence-corrected chi connectivity index (χ4v) is 3.59. The maximum absolute atomic E-state index is 12.7. The van der Waals surface area contributed by atoms with Crippen LogP contribution in [-0.4, -0.2) is 19.6 Å². The number of halogens is 2. The molecule has 0 spiro atoms. The lowest BCUT2D eigenvalue weighted by atomic mass is 10.0. The topological polar surface area (TPSA) is 47.6 Å². The highest BCUT2D eigenvalue weighted by Crippen LogP contribution is 2.34. The third-order valence-corrected chi connectivity index (χ3v) is 4.96. The van der Waals surface area contributed by atoms with E-state index in [4.69, 9.17) is 9.47 Å². The Balaban J connectivity index is 2.35. The molecule has 0 saturated heterocycles. The third-order valence-electron chi connectivity index (χ3n) is 3.66. The summed E-state index contributed by atoms with van der Waals surface area (Å²) in [4.78, 5) is 12.7. The lowest BCUT2D eigenvalue weighted by Gasteiger charge is -2.16. The summed E-state index contributed by atoms with van der Waals surface area (Å²) in [6, 6.07) is 9.37. The number of nitrogens with one attached hydrogen (secondary N) is 1. The van der Waals surface area contributed by atoms with Crippen molar-refractivity contribution in [1.82, 2.24) is 0 Å². The minimum Gasteiger partial charge on any atom is -0.493 e. The maximum Gasteiger partial charge on any atom is 0.255 e. The van der Waals surface area contributed by atoms with Crippen molar-refractivity contribution in [2.75, 3.05) is 19.0 Å². The van der Waals surface area contributed by atoms with Crippen molar-refractivity contribution in [1.29, 1.82) is 0 Å². The number of carbonyl (C=O) groups is 1. The predicted octanol–water partition coefficient (Wildman–Crippen LogP) is 5.84. The normalized spacial score (nSPS) is 10.7. The summed E-state index contributed by atoms with van der Waals surface area (Å²) in [6.45, 7) is 6.65. The SMILES string of the molecule is CCOc1c(I)cc(C(=O)Nc2ccc(Br)cc2C(C)C)cc1OC. The third kappa shape index (κ3) is 4.88. The molecule has 1 N–H and O–H groups in total. The molecule has 25 heavy (non-hydrogen) atoms. The Morgan fingerprint density at radius 3 is 2.60 bits per heavy atom. The minimum absolute atomic E-state index is 0.177. The molecule has 0 aromatic heterocycles. The van der Waals surface area contributed by atoms with Gasteiger partial charge in [0.1, 0.15) is 0 Å². The molecule has 0 fully saturated rings. The Bertz CT molecular complexity index is 778. The Labute approximate surface area is 170 Å². The molecule has 1 amide bonds. The van der Waals surface area contributed by atoms with Gasteiger partial charge in [-0.25, -0.2) is 0 Å². The van der Waals surface area contributed by atoms with Crippen LogP contribution >= 0.6 is 38.5 Å². The molecule has 0 aliphatic heterocycles. The van der Waals surface area contributed by atoms with E-state index in [-0.39, 0.29) is 5.91 Å². The highest BCUT2D eigenvalue weighted by molar-refractivity contribution is 14.1. The second-order valence-corrected chi connectivity index (χ2v) is 7.84. The molecule has 0 bridgehead atoms.